The van der Waals surface area contributed by atoms with Gasteiger partial charge in [0.05, 0.1) is 12.5 Å². The van der Waals surface area contributed by atoms with E-state index in [1.54, 1.807) is 6.07 Å². The Morgan fingerprint density at radius 1 is 1.10 bits per heavy atom. The number of likely N-dealkylation sites (N-methyl/N-ethyl adjacent to an activating group) is 1. The van der Waals surface area contributed by atoms with E-state index in [2.05, 4.69) is 9.98 Å². The number of nitrogens with two attached hydrogens (primary N) is 1. The Balaban J connectivity index is 2.00. The number of hydrogen-bond acceptors (Lipinski definition) is 5. The molecule has 3 heterocycles. The maximum absolute atomic E-state index is 14.5. The SMILES string of the molecule is CN1C(=O)C(c2cc(F)cc(-c3ccoc3)c2)(c2ccnc(C(F)(F)F)c2)N=C1N. The molecule has 0 aliphatic carbocycles. The Bertz CT molecular complexity index is 1160. The molecule has 1 atom stereocenters. The molecule has 1 aromatic carbocycles. The van der Waals surface area contributed by atoms with Crippen molar-refractivity contribution < 1.29 is 26.8 Å². The number of rotatable bonds is 3. The van der Waals surface area contributed by atoms with E-state index in [4.69, 9.17) is 10.2 Å². The van der Waals surface area contributed by atoms with Gasteiger partial charge >= 0.3 is 6.18 Å². The van der Waals surface area contributed by atoms with Crippen LogP contribution in [0.5, 0.6) is 0 Å². The third-order valence-electron chi connectivity index (χ3n) is 4.88. The van der Waals surface area contributed by atoms with Gasteiger partial charge in [-0.15, -0.1) is 0 Å². The van der Waals surface area contributed by atoms with Crippen molar-refractivity contribution in [3.8, 4) is 11.1 Å². The number of aliphatic imine (C=N–C) groups is 1. The maximum Gasteiger partial charge on any atom is 0.433 e. The second kappa shape index (κ2) is 6.68. The second-order valence-corrected chi connectivity index (χ2v) is 6.71. The molecule has 10 heteroatoms. The van der Waals surface area contributed by atoms with Crippen molar-refractivity contribution in [3.05, 3.63) is 77.8 Å². The number of halogens is 4. The van der Waals surface area contributed by atoms with Gasteiger partial charge in [0, 0.05) is 18.8 Å². The molecule has 0 saturated carbocycles. The summed E-state index contributed by atoms with van der Waals surface area (Å²) >= 11 is 0. The minimum Gasteiger partial charge on any atom is -0.472 e. The van der Waals surface area contributed by atoms with Gasteiger partial charge in [-0.2, -0.15) is 13.2 Å². The first kappa shape index (κ1) is 19.6. The van der Waals surface area contributed by atoms with Gasteiger partial charge in [-0.25, -0.2) is 9.38 Å². The van der Waals surface area contributed by atoms with E-state index in [9.17, 15) is 22.4 Å². The van der Waals surface area contributed by atoms with Crippen molar-refractivity contribution in [2.45, 2.75) is 11.7 Å². The van der Waals surface area contributed by atoms with Crippen LogP contribution < -0.4 is 5.73 Å². The summed E-state index contributed by atoms with van der Waals surface area (Å²) in [6.45, 7) is 0. The van der Waals surface area contributed by atoms with Crippen LogP contribution in [0.4, 0.5) is 17.6 Å². The van der Waals surface area contributed by atoms with Crippen molar-refractivity contribution in [3.63, 3.8) is 0 Å². The van der Waals surface area contributed by atoms with Gasteiger partial charge in [0.1, 0.15) is 11.5 Å². The summed E-state index contributed by atoms with van der Waals surface area (Å²) in [5.74, 6) is -1.63. The number of furan rings is 1. The summed E-state index contributed by atoms with van der Waals surface area (Å²) in [7, 11) is 1.34. The summed E-state index contributed by atoms with van der Waals surface area (Å²) in [6.07, 6.45) is -1.06. The largest absolute Gasteiger partial charge is 0.472 e. The van der Waals surface area contributed by atoms with Gasteiger partial charge in [-0.1, -0.05) is 0 Å². The molecule has 2 N–H and O–H groups in total. The lowest BCUT2D eigenvalue weighted by molar-refractivity contribution is -0.141. The monoisotopic (exact) mass is 418 g/mol. The Morgan fingerprint density at radius 3 is 2.47 bits per heavy atom. The highest BCUT2D eigenvalue weighted by Gasteiger charge is 2.50. The van der Waals surface area contributed by atoms with Gasteiger partial charge in [0.25, 0.3) is 5.91 Å². The molecule has 1 aliphatic rings. The Kier molecular flexibility index (Phi) is 4.37. The molecule has 1 amide bonds. The zero-order chi connectivity index (χ0) is 21.7. The van der Waals surface area contributed by atoms with Crippen molar-refractivity contribution in [2.75, 3.05) is 7.05 Å². The molecule has 0 bridgehead atoms. The zero-order valence-electron chi connectivity index (χ0n) is 15.4. The number of guanidine groups is 1. The smallest absolute Gasteiger partial charge is 0.433 e. The van der Waals surface area contributed by atoms with Crippen LogP contribution in [0, 0.1) is 5.82 Å². The first-order chi connectivity index (χ1) is 14.1. The van der Waals surface area contributed by atoms with Gasteiger partial charge in [0.2, 0.25) is 0 Å². The first-order valence-corrected chi connectivity index (χ1v) is 8.64. The second-order valence-electron chi connectivity index (χ2n) is 6.71. The minimum absolute atomic E-state index is 0.0234. The van der Waals surface area contributed by atoms with E-state index in [0.717, 1.165) is 23.2 Å². The minimum atomic E-state index is -4.75. The molecule has 6 nitrogen and oxygen atoms in total. The molecular weight excluding hydrogens is 404 g/mol. The van der Waals surface area contributed by atoms with Crippen LogP contribution in [-0.2, 0) is 16.5 Å². The molecule has 0 fully saturated rings. The number of pyridine rings is 1. The van der Waals surface area contributed by atoms with Crippen LogP contribution in [0.1, 0.15) is 16.8 Å². The summed E-state index contributed by atoms with van der Waals surface area (Å²) in [5, 5.41) is 0. The number of aromatic nitrogens is 1. The van der Waals surface area contributed by atoms with Crippen molar-refractivity contribution in [2.24, 2.45) is 10.7 Å². The van der Waals surface area contributed by atoms with Crippen LogP contribution in [0.3, 0.4) is 0 Å². The van der Waals surface area contributed by atoms with E-state index in [1.165, 1.54) is 37.8 Å². The first-order valence-electron chi connectivity index (χ1n) is 8.64. The summed E-state index contributed by atoms with van der Waals surface area (Å²) < 4.78 is 59.3. The Labute approximate surface area is 167 Å². The number of alkyl halides is 3. The normalized spacial score (nSPS) is 19.3. The van der Waals surface area contributed by atoms with Gasteiger partial charge in [0.15, 0.2) is 11.5 Å². The molecule has 0 radical (unpaired) electrons. The number of carbonyl (C=O) groups is 1. The third kappa shape index (κ3) is 3.00. The Hall–Kier alpha value is -3.69. The fourth-order valence-electron chi connectivity index (χ4n) is 3.39. The highest BCUT2D eigenvalue weighted by molar-refractivity contribution is 6.09. The highest BCUT2D eigenvalue weighted by Crippen LogP contribution is 2.42. The number of benzene rings is 1. The summed E-state index contributed by atoms with van der Waals surface area (Å²) in [5.41, 5.74) is 3.39. The molecule has 30 heavy (non-hydrogen) atoms. The van der Waals surface area contributed by atoms with E-state index in [-0.39, 0.29) is 17.1 Å². The number of amides is 1. The highest BCUT2D eigenvalue weighted by atomic mass is 19.4. The molecular formula is C20H14F4N4O2. The molecule has 0 spiro atoms. The van der Waals surface area contributed by atoms with E-state index < -0.39 is 29.1 Å². The lowest BCUT2D eigenvalue weighted by atomic mass is 9.81. The maximum atomic E-state index is 14.5. The third-order valence-corrected chi connectivity index (χ3v) is 4.88. The number of hydrogen-bond donors (Lipinski definition) is 1. The topological polar surface area (TPSA) is 84.7 Å². The fraction of sp³-hybridized carbons (Fsp3) is 0.150. The lowest BCUT2D eigenvalue weighted by Gasteiger charge is -2.27. The lowest BCUT2D eigenvalue weighted by Crippen LogP contribution is -2.41. The van der Waals surface area contributed by atoms with E-state index in [1.807, 2.05) is 0 Å². The van der Waals surface area contributed by atoms with Gasteiger partial charge in [-0.05, 0) is 53.1 Å². The van der Waals surface area contributed by atoms with Crippen LogP contribution in [0.15, 0.2) is 64.5 Å². The number of nitrogens with zero attached hydrogens (tertiary/aromatic N) is 3. The molecule has 3 aromatic rings. The molecule has 1 aliphatic heterocycles. The molecule has 154 valence electrons. The zero-order valence-corrected chi connectivity index (χ0v) is 15.4. The summed E-state index contributed by atoms with van der Waals surface area (Å²) in [6, 6.07) is 7.26. The quantitative estimate of drug-likeness (QED) is 0.660. The van der Waals surface area contributed by atoms with Crippen LogP contribution >= 0.6 is 0 Å². The molecule has 0 saturated heterocycles. The standard InChI is InChI=1S/C20H14F4N4O2/c1-28-17(29)19(27-18(28)25,13-2-4-26-16(9-13)20(22,23)24)14-6-12(7-15(21)8-14)11-3-5-30-10-11/h2-10H,1H3,(H2,25,27). The predicted molar refractivity (Wildman–Crippen MR) is 98.5 cm³/mol. The van der Waals surface area contributed by atoms with Crippen molar-refractivity contribution in [1.29, 1.82) is 0 Å². The molecule has 4 rings (SSSR count). The fourth-order valence-corrected chi connectivity index (χ4v) is 3.39. The van der Waals surface area contributed by atoms with Crippen molar-refractivity contribution in [1.82, 2.24) is 9.88 Å². The number of carbonyl (C=O) groups excluding carboxylic acids is 1. The van der Waals surface area contributed by atoms with Crippen LogP contribution in [0.25, 0.3) is 11.1 Å². The van der Waals surface area contributed by atoms with Crippen LogP contribution in [0.2, 0.25) is 0 Å². The van der Waals surface area contributed by atoms with Gasteiger partial charge < -0.3 is 10.2 Å². The predicted octanol–water partition coefficient (Wildman–Crippen LogP) is 3.53. The average Bonchev–Trinajstić information content (AvgIpc) is 3.31. The van der Waals surface area contributed by atoms with E-state index >= 15 is 0 Å². The Morgan fingerprint density at radius 2 is 1.87 bits per heavy atom. The molecule has 1 unspecified atom stereocenters. The average molecular weight is 418 g/mol. The van der Waals surface area contributed by atoms with Crippen molar-refractivity contribution >= 4 is 11.9 Å². The van der Waals surface area contributed by atoms with Gasteiger partial charge in [-0.3, -0.25) is 14.7 Å². The van der Waals surface area contributed by atoms with E-state index in [0.29, 0.717) is 11.1 Å². The van der Waals surface area contributed by atoms with Crippen LogP contribution in [-0.4, -0.2) is 28.8 Å². The molecule has 2 aromatic heterocycles. The summed E-state index contributed by atoms with van der Waals surface area (Å²) in [4.78, 5) is 21.7.